The molecule has 1 saturated heterocycles. The molecule has 1 rings (SSSR count). The van der Waals surface area contributed by atoms with E-state index < -0.39 is 77.5 Å². The van der Waals surface area contributed by atoms with Crippen LogP contribution in [0.25, 0.3) is 0 Å². The first-order valence-electron chi connectivity index (χ1n) is 15.5. The van der Waals surface area contributed by atoms with Crippen LogP contribution >= 0.6 is 0 Å². The normalized spacial score (nSPS) is 30.1. The average molecular weight is 689 g/mol. The highest BCUT2D eigenvalue weighted by atomic mass is 32.2. The van der Waals surface area contributed by atoms with E-state index in [2.05, 4.69) is 16.0 Å². The Morgan fingerprint density at radius 3 is 1.91 bits per heavy atom. The number of nitrogens with zero attached hydrogens (tertiary/aromatic N) is 2. The predicted octanol–water partition coefficient (Wildman–Crippen LogP) is 1.50. The first-order chi connectivity index (χ1) is 20.4. The summed E-state index contributed by atoms with van der Waals surface area (Å²) in [7, 11) is -5.88. The van der Waals surface area contributed by atoms with Gasteiger partial charge in [0.15, 0.2) is 10.7 Å². The lowest BCUT2D eigenvalue weighted by Crippen LogP contribution is -2.96. The minimum Gasteiger partial charge on any atom is -0.369 e. The minimum atomic E-state index is -5.04. The van der Waals surface area contributed by atoms with Crippen molar-refractivity contribution in [3.05, 3.63) is 0 Å². The fourth-order valence-electron chi connectivity index (χ4n) is 6.78. The lowest BCUT2D eigenvalue weighted by atomic mass is 9.82. The molecule has 1 aliphatic heterocycles. The molecule has 1 heterocycles. The first kappa shape index (κ1) is 42.0. The number of methoxy groups -OCH3 is 1. The molecule has 45 heavy (non-hydrogen) atoms. The van der Waals surface area contributed by atoms with Gasteiger partial charge in [0.25, 0.3) is 0 Å². The Hall–Kier alpha value is -0.990. The van der Waals surface area contributed by atoms with Crippen molar-refractivity contribution in [1.29, 1.82) is 0 Å². The highest BCUT2D eigenvalue weighted by molar-refractivity contribution is 7.91. The zero-order chi connectivity index (χ0) is 35.6. The second kappa shape index (κ2) is 14.6. The predicted molar refractivity (Wildman–Crippen MR) is 172 cm³/mol. The van der Waals surface area contributed by atoms with Crippen molar-refractivity contribution in [3.63, 3.8) is 0 Å². The highest BCUT2D eigenvalue weighted by Crippen LogP contribution is 2.56. The fourth-order valence-corrected chi connectivity index (χ4v) is 11.4. The van der Waals surface area contributed by atoms with Crippen LogP contribution in [0, 0.1) is 17.8 Å². The number of hydrogen-bond donors (Lipinski definition) is 5. The third-order valence-corrected chi connectivity index (χ3v) is 12.7. The molecule has 1 amide bonds. The van der Waals surface area contributed by atoms with Crippen LogP contribution in [0.5, 0.6) is 0 Å². The van der Waals surface area contributed by atoms with Crippen molar-refractivity contribution in [2.45, 2.75) is 123 Å². The van der Waals surface area contributed by atoms with Crippen LogP contribution in [0.2, 0.25) is 0 Å². The summed E-state index contributed by atoms with van der Waals surface area (Å²) in [6.45, 7) is 19.0. The third kappa shape index (κ3) is 6.82. The molecule has 1 aliphatic rings. The maximum Gasteiger partial charge on any atom is 0.249 e. The van der Waals surface area contributed by atoms with Gasteiger partial charge in [0, 0.05) is 7.11 Å². The largest absolute Gasteiger partial charge is 0.369 e. The van der Waals surface area contributed by atoms with Gasteiger partial charge in [-0.15, -0.1) is 4.31 Å². The number of hydroxylamine groups is 1. The van der Waals surface area contributed by atoms with Crippen molar-refractivity contribution in [1.82, 2.24) is 24.7 Å². The van der Waals surface area contributed by atoms with Crippen molar-refractivity contribution in [2.75, 3.05) is 33.5 Å². The van der Waals surface area contributed by atoms with Crippen LogP contribution in [0.3, 0.4) is 0 Å². The maximum atomic E-state index is 16.0. The molecule has 0 aliphatic carbocycles. The molecule has 0 saturated carbocycles. The molecular formula is C28H60N6O9S2. The molecule has 0 aromatic heterocycles. The fraction of sp³-hybridized carbons (Fsp3) is 0.964. The van der Waals surface area contributed by atoms with E-state index in [9.17, 15) is 18.4 Å². The van der Waals surface area contributed by atoms with E-state index in [0.29, 0.717) is 6.42 Å². The number of nitrogens with two attached hydrogens (primary N) is 1. The molecule has 5 unspecified atom stereocenters. The van der Waals surface area contributed by atoms with Gasteiger partial charge in [0.2, 0.25) is 37.5 Å². The van der Waals surface area contributed by atoms with Gasteiger partial charge in [-0.3, -0.25) is 26.0 Å². The molecule has 268 valence electrons. The summed E-state index contributed by atoms with van der Waals surface area (Å²) in [6, 6.07) is 0. The Morgan fingerprint density at radius 1 is 1.04 bits per heavy atom. The van der Waals surface area contributed by atoms with Crippen LogP contribution in [-0.4, -0.2) is 104 Å². The topological polar surface area (TPSA) is 202 Å². The molecular weight excluding hydrogens is 628 g/mol. The zero-order valence-corrected chi connectivity index (χ0v) is 31.3. The number of amides is 1. The number of morpholine rings is 1. The Labute approximate surface area is 271 Å². The second-order valence-electron chi connectivity index (χ2n) is 13.3. The van der Waals surface area contributed by atoms with E-state index in [1.807, 2.05) is 20.8 Å². The number of primary amides is 1. The molecule has 1 fully saturated rings. The highest BCUT2D eigenvalue weighted by Gasteiger charge is 2.80. The Balaban J connectivity index is 4.86. The average Bonchev–Trinajstić information content (AvgIpc) is 2.89. The van der Waals surface area contributed by atoms with Crippen molar-refractivity contribution in [2.24, 2.45) is 23.5 Å². The summed E-state index contributed by atoms with van der Waals surface area (Å²) in [6.07, 6.45) is -0.0747. The van der Waals surface area contributed by atoms with Gasteiger partial charge in [-0.05, 0) is 83.4 Å². The van der Waals surface area contributed by atoms with Crippen molar-refractivity contribution in [3.8, 4) is 0 Å². The van der Waals surface area contributed by atoms with Crippen LogP contribution in [-0.2, 0) is 39.1 Å². The number of sulfonamides is 2. The molecule has 0 aromatic rings. The zero-order valence-electron chi connectivity index (χ0n) is 29.6. The van der Waals surface area contributed by atoms with E-state index in [-0.39, 0.29) is 23.4 Å². The van der Waals surface area contributed by atoms with Gasteiger partial charge in [-0.25, -0.2) is 16.8 Å². The van der Waals surface area contributed by atoms with E-state index in [1.54, 1.807) is 48.5 Å². The van der Waals surface area contributed by atoms with Gasteiger partial charge in [0.1, 0.15) is 11.4 Å². The lowest BCUT2D eigenvalue weighted by molar-refractivity contribution is -0.432. The Kier molecular flexibility index (Phi) is 13.7. The summed E-state index contributed by atoms with van der Waals surface area (Å²) >= 11 is 0. The van der Waals surface area contributed by atoms with Crippen LogP contribution in [0.4, 0.5) is 0 Å². The molecule has 0 radical (unpaired) electrons. The SMILES string of the molecule is CCCNC1(C)OC(C)(OC)C(NC)(C(C)C)N(S(=O)(=O)C(CC(C)C)(OC(C)C)C(C)C)C1(NC)N(O)S(=O)(=O)CC(N)=O. The van der Waals surface area contributed by atoms with E-state index in [1.165, 1.54) is 28.1 Å². The first-order valence-corrected chi connectivity index (χ1v) is 18.5. The number of hydrogen-bond acceptors (Lipinski definition) is 12. The molecule has 0 bridgehead atoms. The third-order valence-electron chi connectivity index (χ3n) is 8.59. The smallest absolute Gasteiger partial charge is 0.249 e. The summed E-state index contributed by atoms with van der Waals surface area (Å²) in [4.78, 5) is 10.0. The van der Waals surface area contributed by atoms with Crippen molar-refractivity contribution >= 4 is 26.0 Å². The number of carbonyl (C=O) groups is 1. The van der Waals surface area contributed by atoms with Crippen LogP contribution in [0.15, 0.2) is 0 Å². The number of carbonyl (C=O) groups excluding carboxylic acids is 1. The maximum absolute atomic E-state index is 16.0. The van der Waals surface area contributed by atoms with Gasteiger partial charge < -0.3 is 19.9 Å². The monoisotopic (exact) mass is 688 g/mol. The molecule has 6 N–H and O–H groups in total. The standard InChI is InChI=1S/C28H60N6O9S2/c1-15-16-32-24(10)28(31-13,34(36)44(37,38)18-23(29)35)33(27(30-12,21(6)7)25(11,41-14)43-24)45(39,40)26(20(4)5,17-19(2)3)42-22(8)9/h19-22,30-32,36H,15-18H2,1-14H3,(H2,29,35). The van der Waals surface area contributed by atoms with Crippen LogP contribution in [0.1, 0.15) is 89.0 Å². The number of likely N-dealkylation sites (N-methyl/N-ethyl adjacent to an activating group) is 2. The number of nitrogens with one attached hydrogen (secondary N) is 3. The molecule has 15 nitrogen and oxygen atoms in total. The van der Waals surface area contributed by atoms with Gasteiger partial charge >= 0.3 is 0 Å². The van der Waals surface area contributed by atoms with Crippen molar-refractivity contribution < 1.29 is 41.0 Å². The number of rotatable bonds is 18. The number of ether oxygens (including phenoxy) is 3. The van der Waals surface area contributed by atoms with Gasteiger partial charge in [0.05, 0.1) is 6.10 Å². The Morgan fingerprint density at radius 2 is 1.58 bits per heavy atom. The lowest BCUT2D eigenvalue weighted by Gasteiger charge is -2.70. The quantitative estimate of drug-likeness (QED) is 0.103. The van der Waals surface area contributed by atoms with Gasteiger partial charge in [-0.2, -0.15) is 0 Å². The van der Waals surface area contributed by atoms with E-state index >= 15 is 8.42 Å². The summed E-state index contributed by atoms with van der Waals surface area (Å²) in [5.41, 5.74) is 1.26. The Bertz CT molecular complexity index is 1220. The molecule has 5 atom stereocenters. The van der Waals surface area contributed by atoms with Gasteiger partial charge in [-0.1, -0.05) is 48.5 Å². The molecule has 0 spiro atoms. The summed E-state index contributed by atoms with van der Waals surface area (Å²) < 4.78 is 79.5. The summed E-state index contributed by atoms with van der Waals surface area (Å²) in [5.74, 6) is -8.78. The molecule has 17 heteroatoms. The second-order valence-corrected chi connectivity index (χ2v) is 17.1. The van der Waals surface area contributed by atoms with E-state index in [4.69, 9.17) is 19.9 Å². The molecule has 0 aromatic carbocycles. The summed E-state index contributed by atoms with van der Waals surface area (Å²) in [5, 5.41) is 21.1. The minimum absolute atomic E-state index is 0.00247. The van der Waals surface area contributed by atoms with Crippen LogP contribution < -0.4 is 21.7 Å². The van der Waals surface area contributed by atoms with E-state index in [0.717, 1.165) is 4.31 Å².